The van der Waals surface area contributed by atoms with Gasteiger partial charge in [-0.05, 0) is 57.1 Å². The molecule has 1 heterocycles. The van der Waals surface area contributed by atoms with Gasteiger partial charge in [0.15, 0.2) is 0 Å². The molecular formula is C26H37N3O2. The van der Waals surface area contributed by atoms with E-state index in [0.29, 0.717) is 18.5 Å². The standard InChI is InChI=1S/C19H28N2O2.C7H9N/c1-19(2,3)23-18(22)21-16-10-9-15(11-16)17(21)13-20-12-14-7-5-4-6-8-14;8-6-7-4-2-1-3-5-7/h4-8,15-17,20H,9-13H2,1-3H3;1-5H,6,8H2/t15-,16+,17+;/m0./s1. The number of fused-ring (bicyclic) bond motifs is 2. The molecule has 2 aromatic rings. The largest absolute Gasteiger partial charge is 0.444 e. The number of likely N-dealkylation sites (tertiary alicyclic amines) is 1. The van der Waals surface area contributed by atoms with Crippen LogP contribution in [0, 0.1) is 5.92 Å². The highest BCUT2D eigenvalue weighted by molar-refractivity contribution is 5.70. The number of ether oxygens (including phenoxy) is 1. The molecule has 1 aliphatic heterocycles. The van der Waals surface area contributed by atoms with E-state index in [9.17, 15) is 4.79 Å². The number of benzene rings is 2. The zero-order chi connectivity index (χ0) is 22.3. The first-order chi connectivity index (χ1) is 14.9. The summed E-state index contributed by atoms with van der Waals surface area (Å²) in [4.78, 5) is 14.6. The van der Waals surface area contributed by atoms with E-state index in [4.69, 9.17) is 10.5 Å². The van der Waals surface area contributed by atoms with Crippen molar-refractivity contribution in [1.82, 2.24) is 10.2 Å². The first-order valence-electron chi connectivity index (χ1n) is 11.4. The van der Waals surface area contributed by atoms with Crippen molar-refractivity contribution in [2.24, 2.45) is 11.7 Å². The third-order valence-corrected chi connectivity index (χ3v) is 5.95. The van der Waals surface area contributed by atoms with E-state index in [1.807, 2.05) is 62.1 Å². The fourth-order valence-corrected chi connectivity index (χ4v) is 4.53. The summed E-state index contributed by atoms with van der Waals surface area (Å²) in [5.41, 5.74) is 7.38. The molecular weight excluding hydrogens is 386 g/mol. The van der Waals surface area contributed by atoms with E-state index in [1.54, 1.807) is 0 Å². The SMILES string of the molecule is CC(C)(C)OC(=O)N1[C@@H]2CC[C@@H](C2)[C@H]1CNCc1ccccc1.NCc1ccccc1. The highest BCUT2D eigenvalue weighted by Crippen LogP contribution is 2.42. The summed E-state index contributed by atoms with van der Waals surface area (Å²) in [7, 11) is 0. The van der Waals surface area contributed by atoms with Gasteiger partial charge in [0.05, 0.1) is 6.04 Å². The zero-order valence-corrected chi connectivity index (χ0v) is 19.1. The zero-order valence-electron chi connectivity index (χ0n) is 19.1. The molecule has 2 fully saturated rings. The van der Waals surface area contributed by atoms with Gasteiger partial charge in [-0.3, -0.25) is 0 Å². The molecule has 0 spiro atoms. The molecule has 2 aromatic carbocycles. The predicted molar refractivity (Wildman–Crippen MR) is 125 cm³/mol. The van der Waals surface area contributed by atoms with Crippen LogP contribution in [-0.4, -0.2) is 35.2 Å². The molecule has 0 aromatic heterocycles. The number of carbonyl (C=O) groups is 1. The van der Waals surface area contributed by atoms with Crippen LogP contribution >= 0.6 is 0 Å². The van der Waals surface area contributed by atoms with Gasteiger partial charge in [-0.2, -0.15) is 0 Å². The van der Waals surface area contributed by atoms with Gasteiger partial charge in [0.1, 0.15) is 5.60 Å². The first-order valence-corrected chi connectivity index (χ1v) is 11.4. The van der Waals surface area contributed by atoms with Crippen molar-refractivity contribution in [3.8, 4) is 0 Å². The minimum absolute atomic E-state index is 0.142. The van der Waals surface area contributed by atoms with Crippen LogP contribution in [0.1, 0.15) is 51.2 Å². The van der Waals surface area contributed by atoms with Crippen LogP contribution in [0.25, 0.3) is 0 Å². The lowest BCUT2D eigenvalue weighted by atomic mass is 9.99. The molecule has 1 saturated carbocycles. The Labute approximate surface area is 187 Å². The predicted octanol–water partition coefficient (Wildman–Crippen LogP) is 4.71. The first kappa shape index (κ1) is 23.3. The third kappa shape index (κ3) is 6.81. The molecule has 1 amide bonds. The molecule has 0 unspecified atom stereocenters. The van der Waals surface area contributed by atoms with Crippen molar-refractivity contribution in [2.75, 3.05) is 6.54 Å². The monoisotopic (exact) mass is 423 g/mol. The number of nitrogens with two attached hydrogens (primary N) is 1. The molecule has 0 radical (unpaired) electrons. The molecule has 1 saturated heterocycles. The highest BCUT2D eigenvalue weighted by Gasteiger charge is 2.48. The molecule has 31 heavy (non-hydrogen) atoms. The Bertz CT molecular complexity index is 804. The van der Waals surface area contributed by atoms with Crippen LogP contribution in [-0.2, 0) is 17.8 Å². The maximum absolute atomic E-state index is 12.6. The lowest BCUT2D eigenvalue weighted by Crippen LogP contribution is -2.50. The molecule has 3 atom stereocenters. The summed E-state index contributed by atoms with van der Waals surface area (Å²) >= 11 is 0. The van der Waals surface area contributed by atoms with Crippen molar-refractivity contribution >= 4 is 6.09 Å². The van der Waals surface area contributed by atoms with Gasteiger partial charge in [0.2, 0.25) is 0 Å². The van der Waals surface area contributed by atoms with Crippen LogP contribution in [0.2, 0.25) is 0 Å². The Kier molecular flexibility index (Phi) is 8.10. The maximum Gasteiger partial charge on any atom is 0.410 e. The van der Waals surface area contributed by atoms with E-state index >= 15 is 0 Å². The van der Waals surface area contributed by atoms with Gasteiger partial charge in [0, 0.05) is 25.7 Å². The maximum atomic E-state index is 12.6. The van der Waals surface area contributed by atoms with Gasteiger partial charge >= 0.3 is 6.09 Å². The van der Waals surface area contributed by atoms with Gasteiger partial charge < -0.3 is 20.7 Å². The molecule has 168 valence electrons. The Morgan fingerprint density at radius 1 is 1.03 bits per heavy atom. The van der Waals surface area contributed by atoms with Crippen molar-refractivity contribution in [2.45, 2.75) is 70.8 Å². The van der Waals surface area contributed by atoms with E-state index in [-0.39, 0.29) is 12.1 Å². The Morgan fingerprint density at radius 3 is 2.19 bits per heavy atom. The quantitative estimate of drug-likeness (QED) is 0.731. The smallest absolute Gasteiger partial charge is 0.410 e. The summed E-state index contributed by atoms with van der Waals surface area (Å²) in [6.07, 6.45) is 3.36. The van der Waals surface area contributed by atoms with Crippen molar-refractivity contribution in [1.29, 1.82) is 0 Å². The molecule has 1 aliphatic carbocycles. The van der Waals surface area contributed by atoms with E-state index in [0.717, 1.165) is 25.9 Å². The number of piperidine rings is 1. The minimum atomic E-state index is -0.430. The number of carbonyl (C=O) groups excluding carboxylic acids is 1. The van der Waals surface area contributed by atoms with Crippen LogP contribution in [0.15, 0.2) is 60.7 Å². The van der Waals surface area contributed by atoms with Crippen LogP contribution < -0.4 is 11.1 Å². The van der Waals surface area contributed by atoms with Crippen LogP contribution in [0.5, 0.6) is 0 Å². The topological polar surface area (TPSA) is 67.6 Å². The molecule has 2 aliphatic rings. The minimum Gasteiger partial charge on any atom is -0.444 e. The third-order valence-electron chi connectivity index (χ3n) is 5.95. The van der Waals surface area contributed by atoms with E-state index in [2.05, 4.69) is 29.6 Å². The number of nitrogens with zero attached hydrogens (tertiary/aromatic N) is 1. The fraction of sp³-hybridized carbons (Fsp3) is 0.500. The lowest BCUT2D eigenvalue weighted by molar-refractivity contribution is 0.00761. The molecule has 5 nitrogen and oxygen atoms in total. The molecule has 3 N–H and O–H groups in total. The normalized spacial score (nSPS) is 22.1. The summed E-state index contributed by atoms with van der Waals surface area (Å²) in [5.74, 6) is 0.621. The van der Waals surface area contributed by atoms with Gasteiger partial charge in [-0.25, -0.2) is 4.79 Å². The summed E-state index contributed by atoms with van der Waals surface area (Å²) in [6.45, 7) is 8.12. The average Bonchev–Trinajstić information content (AvgIpc) is 3.36. The summed E-state index contributed by atoms with van der Waals surface area (Å²) < 4.78 is 5.63. The number of nitrogens with one attached hydrogen (secondary N) is 1. The van der Waals surface area contributed by atoms with Crippen LogP contribution in [0.3, 0.4) is 0 Å². The van der Waals surface area contributed by atoms with Gasteiger partial charge in [0.25, 0.3) is 0 Å². The Hall–Kier alpha value is -2.37. The van der Waals surface area contributed by atoms with Crippen molar-refractivity contribution in [3.63, 3.8) is 0 Å². The van der Waals surface area contributed by atoms with Gasteiger partial charge in [-0.15, -0.1) is 0 Å². The van der Waals surface area contributed by atoms with Crippen molar-refractivity contribution < 1.29 is 9.53 Å². The summed E-state index contributed by atoms with van der Waals surface area (Å²) in [5, 5.41) is 3.53. The molecule has 4 rings (SSSR count). The average molecular weight is 424 g/mol. The second-order valence-electron chi connectivity index (χ2n) is 9.49. The second-order valence-corrected chi connectivity index (χ2v) is 9.49. The highest BCUT2D eigenvalue weighted by atomic mass is 16.6. The number of rotatable bonds is 5. The second kappa shape index (κ2) is 10.8. The number of hydrogen-bond donors (Lipinski definition) is 2. The number of amides is 1. The van der Waals surface area contributed by atoms with Crippen LogP contribution in [0.4, 0.5) is 4.79 Å². The van der Waals surface area contributed by atoms with E-state index < -0.39 is 5.60 Å². The van der Waals surface area contributed by atoms with E-state index in [1.165, 1.54) is 17.5 Å². The van der Waals surface area contributed by atoms with Crippen molar-refractivity contribution in [3.05, 3.63) is 71.8 Å². The number of hydrogen-bond acceptors (Lipinski definition) is 4. The fourth-order valence-electron chi connectivity index (χ4n) is 4.53. The van der Waals surface area contributed by atoms with Gasteiger partial charge in [-0.1, -0.05) is 60.7 Å². The Morgan fingerprint density at radius 2 is 1.65 bits per heavy atom. The Balaban J connectivity index is 0.000000287. The molecule has 5 heteroatoms. The lowest BCUT2D eigenvalue weighted by Gasteiger charge is -2.36. The summed E-state index contributed by atoms with van der Waals surface area (Å²) in [6, 6.07) is 21.0. The molecule has 2 bridgehead atoms.